The molecule has 0 heterocycles. The summed E-state index contributed by atoms with van der Waals surface area (Å²) in [5.41, 5.74) is -0.0741. The Balaban J connectivity index is 3.82. The van der Waals surface area contributed by atoms with Crippen LogP contribution in [0.15, 0.2) is 0 Å². The first kappa shape index (κ1) is 10.4. The van der Waals surface area contributed by atoms with E-state index < -0.39 is 0 Å². The van der Waals surface area contributed by atoms with Gasteiger partial charge in [0.2, 0.25) is 0 Å². The van der Waals surface area contributed by atoms with Crippen molar-refractivity contribution in [3.63, 3.8) is 0 Å². The Bertz CT molecular complexity index is 51.8. The van der Waals surface area contributed by atoms with Crippen LogP contribution in [-0.4, -0.2) is 23.0 Å². The second-order valence-corrected chi connectivity index (χ2v) is 3.23. The van der Waals surface area contributed by atoms with E-state index in [1.807, 2.05) is 0 Å². The summed E-state index contributed by atoms with van der Waals surface area (Å²) < 4.78 is 0. The van der Waals surface area contributed by atoms with Gasteiger partial charge in [0.15, 0.2) is 0 Å². The quantitative estimate of drug-likeness (QED) is 0.587. The molecule has 0 fully saturated rings. The largest absolute Gasteiger partial charge is 0.792 e. The van der Waals surface area contributed by atoms with Gasteiger partial charge in [-0.25, -0.2) is 0 Å². The van der Waals surface area contributed by atoms with Gasteiger partial charge in [-0.3, -0.25) is 0 Å². The third-order valence-electron chi connectivity index (χ3n) is 1.22. The second-order valence-electron chi connectivity index (χ2n) is 2.08. The fourth-order valence-corrected chi connectivity index (χ4v) is 2.25. The number of hydrogen-bond acceptors (Lipinski definition) is 4. The van der Waals surface area contributed by atoms with Gasteiger partial charge in [0.1, 0.15) is 0 Å². The maximum absolute atomic E-state index is 4.88. The second kappa shape index (κ2) is 5.10. The molecule has 0 saturated carbocycles. The molecule has 9 heavy (non-hydrogen) atoms. The SMILES string of the molecule is [S-]CC(C[S-])(C[S-])C[S-]. The molecule has 0 aromatic rings. The van der Waals surface area contributed by atoms with Gasteiger partial charge in [-0.2, -0.15) is 23.0 Å². The molecular weight excluding hydrogens is 188 g/mol. The summed E-state index contributed by atoms with van der Waals surface area (Å²) in [5.74, 6) is 2.46. The molecular formula is C5H8S4-4. The Kier molecular flexibility index (Phi) is 5.90. The van der Waals surface area contributed by atoms with Crippen LogP contribution in [0.2, 0.25) is 0 Å². The molecule has 56 valence electrons. The molecule has 0 unspecified atom stereocenters. The van der Waals surface area contributed by atoms with Crippen LogP contribution < -0.4 is 0 Å². The van der Waals surface area contributed by atoms with Gasteiger partial charge in [0.05, 0.1) is 0 Å². The van der Waals surface area contributed by atoms with E-state index in [-0.39, 0.29) is 5.41 Å². The lowest BCUT2D eigenvalue weighted by Gasteiger charge is -2.47. The van der Waals surface area contributed by atoms with Crippen LogP contribution in [0, 0.1) is 5.41 Å². The number of hydrogen-bond donors (Lipinski definition) is 0. The smallest absolute Gasteiger partial charge is 0.117 e. The van der Waals surface area contributed by atoms with E-state index in [4.69, 9.17) is 50.5 Å². The Morgan fingerprint density at radius 1 is 0.667 bits per heavy atom. The fraction of sp³-hybridized carbons (Fsp3) is 1.00. The maximum Gasteiger partial charge on any atom is -0.117 e. The van der Waals surface area contributed by atoms with Crippen LogP contribution in [0.1, 0.15) is 0 Å². The average Bonchev–Trinajstić information content (AvgIpc) is 1.95. The fourth-order valence-electron chi connectivity index (χ4n) is 0.250. The van der Waals surface area contributed by atoms with Crippen molar-refractivity contribution in [1.82, 2.24) is 0 Å². The molecule has 0 aliphatic carbocycles. The summed E-state index contributed by atoms with van der Waals surface area (Å²) in [4.78, 5) is 0. The van der Waals surface area contributed by atoms with Crippen LogP contribution in [0.5, 0.6) is 0 Å². The predicted octanol–water partition coefficient (Wildman–Crippen LogP) is 0.160. The zero-order valence-electron chi connectivity index (χ0n) is 4.96. The molecule has 0 nitrogen and oxygen atoms in total. The van der Waals surface area contributed by atoms with Crippen molar-refractivity contribution in [2.24, 2.45) is 5.41 Å². The molecule has 0 aliphatic heterocycles. The van der Waals surface area contributed by atoms with Crippen LogP contribution in [0.4, 0.5) is 0 Å². The Morgan fingerprint density at radius 2 is 0.889 bits per heavy atom. The molecule has 0 atom stereocenters. The minimum absolute atomic E-state index is 0.0741. The van der Waals surface area contributed by atoms with Crippen LogP contribution in [0.3, 0.4) is 0 Å². The van der Waals surface area contributed by atoms with E-state index in [0.717, 1.165) is 0 Å². The van der Waals surface area contributed by atoms with Crippen LogP contribution in [0.25, 0.3) is 0 Å². The van der Waals surface area contributed by atoms with Crippen LogP contribution >= 0.6 is 0 Å². The van der Waals surface area contributed by atoms with Gasteiger partial charge < -0.3 is 50.5 Å². The molecule has 0 radical (unpaired) electrons. The van der Waals surface area contributed by atoms with E-state index in [9.17, 15) is 0 Å². The third kappa shape index (κ3) is 2.87. The first-order valence-electron chi connectivity index (χ1n) is 2.57. The van der Waals surface area contributed by atoms with Crippen molar-refractivity contribution in [3.05, 3.63) is 0 Å². The first-order chi connectivity index (χ1) is 4.24. The summed E-state index contributed by atoms with van der Waals surface area (Å²) in [6.45, 7) is 0. The van der Waals surface area contributed by atoms with Gasteiger partial charge in [-0.05, 0) is 0 Å². The van der Waals surface area contributed by atoms with Gasteiger partial charge in [0.25, 0.3) is 0 Å². The standard InChI is InChI=1S/C5H12S4/c6-1-5(2-7,3-8)4-9/h6-9H,1-4H2/p-4. The molecule has 0 N–H and O–H groups in total. The monoisotopic (exact) mass is 196 g/mol. The van der Waals surface area contributed by atoms with E-state index in [1.165, 1.54) is 0 Å². The Labute approximate surface area is 78.8 Å². The summed E-state index contributed by atoms with van der Waals surface area (Å²) in [7, 11) is 0. The summed E-state index contributed by atoms with van der Waals surface area (Å²) in [5, 5.41) is 0. The first-order valence-corrected chi connectivity index (χ1v) is 4.88. The van der Waals surface area contributed by atoms with Gasteiger partial charge in [0, 0.05) is 0 Å². The summed E-state index contributed by atoms with van der Waals surface area (Å²) >= 11 is 19.5. The van der Waals surface area contributed by atoms with E-state index in [0.29, 0.717) is 23.0 Å². The zero-order valence-corrected chi connectivity index (χ0v) is 8.23. The Hall–Kier alpha value is 1.40. The van der Waals surface area contributed by atoms with Crippen molar-refractivity contribution in [1.29, 1.82) is 0 Å². The predicted molar refractivity (Wildman–Crippen MR) is 51.4 cm³/mol. The average molecular weight is 196 g/mol. The van der Waals surface area contributed by atoms with Crippen molar-refractivity contribution >= 4 is 50.5 Å². The van der Waals surface area contributed by atoms with Crippen LogP contribution in [-0.2, 0) is 50.5 Å². The van der Waals surface area contributed by atoms with Gasteiger partial charge in [-0.1, -0.05) is 0 Å². The normalized spacial score (nSPS) is 12.0. The molecule has 0 aromatic heterocycles. The highest BCUT2D eigenvalue weighted by atomic mass is 32.1. The third-order valence-corrected chi connectivity index (χ3v) is 3.67. The lowest BCUT2D eigenvalue weighted by atomic mass is 9.99. The molecule has 0 rings (SSSR count). The molecule has 0 spiro atoms. The molecule has 0 aliphatic rings. The highest BCUT2D eigenvalue weighted by molar-refractivity contribution is 7.61. The number of rotatable bonds is 4. The van der Waals surface area contributed by atoms with Gasteiger partial charge >= 0.3 is 0 Å². The zero-order chi connectivity index (χ0) is 7.33. The minimum atomic E-state index is -0.0741. The van der Waals surface area contributed by atoms with E-state index >= 15 is 0 Å². The molecule has 0 amide bonds. The lowest BCUT2D eigenvalue weighted by Crippen LogP contribution is -2.34. The highest BCUT2D eigenvalue weighted by Crippen LogP contribution is 2.14. The molecule has 4 heteroatoms. The lowest BCUT2D eigenvalue weighted by molar-refractivity contribution is 0.519. The van der Waals surface area contributed by atoms with Crippen molar-refractivity contribution in [3.8, 4) is 0 Å². The minimum Gasteiger partial charge on any atom is -0.792 e. The Morgan fingerprint density at radius 3 is 0.889 bits per heavy atom. The van der Waals surface area contributed by atoms with Gasteiger partial charge in [-0.15, -0.1) is 5.41 Å². The topological polar surface area (TPSA) is 0 Å². The molecule has 0 saturated heterocycles. The summed E-state index contributed by atoms with van der Waals surface area (Å²) in [6.07, 6.45) is 0. The van der Waals surface area contributed by atoms with Crippen molar-refractivity contribution in [2.75, 3.05) is 23.0 Å². The maximum atomic E-state index is 4.88. The highest BCUT2D eigenvalue weighted by Gasteiger charge is 2.04. The molecule has 0 bridgehead atoms. The van der Waals surface area contributed by atoms with E-state index in [2.05, 4.69) is 0 Å². The van der Waals surface area contributed by atoms with Crippen molar-refractivity contribution < 1.29 is 0 Å². The molecule has 0 aromatic carbocycles. The summed E-state index contributed by atoms with van der Waals surface area (Å²) in [6, 6.07) is 0. The van der Waals surface area contributed by atoms with Crippen molar-refractivity contribution in [2.45, 2.75) is 0 Å². The van der Waals surface area contributed by atoms with E-state index in [1.54, 1.807) is 0 Å².